The molecule has 0 bridgehead atoms. The van der Waals surface area contributed by atoms with Gasteiger partial charge in [-0.2, -0.15) is 4.98 Å². The molecule has 0 aliphatic carbocycles. The van der Waals surface area contributed by atoms with E-state index in [0.29, 0.717) is 4.88 Å². The molecule has 1 aliphatic rings. The van der Waals surface area contributed by atoms with E-state index < -0.39 is 47.9 Å². The van der Waals surface area contributed by atoms with Crippen molar-refractivity contribution in [1.29, 1.82) is 0 Å². The average Bonchev–Trinajstić information content (AvgIpc) is 3.26. The molecule has 156 valence electrons. The number of anilines is 1. The number of amides is 1. The first-order chi connectivity index (χ1) is 13.8. The average molecular weight is 430 g/mol. The van der Waals surface area contributed by atoms with E-state index in [1.54, 1.807) is 0 Å². The highest BCUT2D eigenvalue weighted by atomic mass is 32.1. The van der Waals surface area contributed by atoms with E-state index >= 15 is 0 Å². The summed E-state index contributed by atoms with van der Waals surface area (Å²) in [4.78, 5) is 38.0. The third kappa shape index (κ3) is 4.56. The molecular formula is C15H15FN4O8S. The van der Waals surface area contributed by atoms with Crippen molar-refractivity contribution in [2.75, 3.05) is 11.9 Å². The summed E-state index contributed by atoms with van der Waals surface area (Å²) in [6.07, 6.45) is -6.05. The Balaban J connectivity index is 1.60. The minimum Gasteiger partial charge on any atom is -0.444 e. The maximum absolute atomic E-state index is 14.1. The molecule has 3 rings (SSSR count). The Morgan fingerprint density at radius 2 is 2.24 bits per heavy atom. The molecule has 1 fully saturated rings. The number of halogens is 1. The monoisotopic (exact) mass is 430 g/mol. The van der Waals surface area contributed by atoms with Crippen LogP contribution in [0.15, 0.2) is 29.2 Å². The molecule has 0 unspecified atom stereocenters. The lowest BCUT2D eigenvalue weighted by molar-refractivity contribution is -0.380. The van der Waals surface area contributed by atoms with Crippen molar-refractivity contribution in [1.82, 2.24) is 9.55 Å². The lowest BCUT2D eigenvalue weighted by Gasteiger charge is -2.16. The van der Waals surface area contributed by atoms with Crippen LogP contribution in [0.1, 0.15) is 11.1 Å². The molecule has 0 aromatic carbocycles. The number of aromatic nitrogens is 2. The first-order valence-electron chi connectivity index (χ1n) is 8.14. The lowest BCUT2D eigenvalue weighted by atomic mass is 10.1. The fraction of sp³-hybridized carbons (Fsp3) is 0.400. The smallest absolute Gasteiger partial charge is 0.413 e. The summed E-state index contributed by atoms with van der Waals surface area (Å²) in [6, 6.07) is 3.91. The van der Waals surface area contributed by atoms with Gasteiger partial charge < -0.3 is 19.7 Å². The zero-order valence-corrected chi connectivity index (χ0v) is 15.3. The molecule has 4 atom stereocenters. The second-order valence-electron chi connectivity index (χ2n) is 5.88. The summed E-state index contributed by atoms with van der Waals surface area (Å²) in [5.41, 5.74) is -0.963. The number of hydrogen-bond acceptors (Lipinski definition) is 10. The summed E-state index contributed by atoms with van der Waals surface area (Å²) in [7, 11) is 0. The van der Waals surface area contributed by atoms with Gasteiger partial charge in [0.15, 0.2) is 12.4 Å². The highest BCUT2D eigenvalue weighted by Gasteiger charge is 2.45. The van der Waals surface area contributed by atoms with E-state index in [-0.39, 0.29) is 17.4 Å². The van der Waals surface area contributed by atoms with Crippen LogP contribution in [0, 0.1) is 10.1 Å². The highest BCUT2D eigenvalue weighted by molar-refractivity contribution is 7.15. The van der Waals surface area contributed by atoms with Crippen molar-refractivity contribution < 1.29 is 33.8 Å². The normalized spacial score (nSPS) is 23.7. The van der Waals surface area contributed by atoms with Crippen molar-refractivity contribution in [3.05, 3.63) is 49.9 Å². The molecule has 0 spiro atoms. The molecule has 14 heteroatoms. The maximum atomic E-state index is 14.1. The van der Waals surface area contributed by atoms with Crippen LogP contribution in [0.25, 0.3) is 0 Å². The molecule has 0 radical (unpaired) electrons. The van der Waals surface area contributed by atoms with Crippen LogP contribution in [0.3, 0.4) is 0 Å². The van der Waals surface area contributed by atoms with Crippen LogP contribution in [-0.2, 0) is 16.1 Å². The van der Waals surface area contributed by atoms with Crippen molar-refractivity contribution >= 4 is 28.2 Å². The van der Waals surface area contributed by atoms with Gasteiger partial charge in [0.1, 0.15) is 24.6 Å². The quantitative estimate of drug-likeness (QED) is 0.438. The Labute approximate surface area is 165 Å². The molecule has 1 aliphatic heterocycles. The number of thiophene rings is 1. The number of alkyl halides is 1. The van der Waals surface area contributed by atoms with Gasteiger partial charge in [0, 0.05) is 17.1 Å². The van der Waals surface area contributed by atoms with Crippen LogP contribution in [0.4, 0.5) is 20.0 Å². The van der Waals surface area contributed by atoms with E-state index in [4.69, 9.17) is 14.6 Å². The van der Waals surface area contributed by atoms with Crippen LogP contribution >= 0.6 is 11.3 Å². The second-order valence-corrected chi connectivity index (χ2v) is 7.03. The topological polar surface area (TPSA) is 166 Å². The van der Waals surface area contributed by atoms with Gasteiger partial charge in [-0.3, -0.25) is 20.0 Å². The van der Waals surface area contributed by atoms with Crippen molar-refractivity contribution in [2.45, 2.75) is 31.2 Å². The predicted octanol–water partition coefficient (Wildman–Crippen LogP) is 0.550. The zero-order chi connectivity index (χ0) is 21.1. The predicted molar refractivity (Wildman–Crippen MR) is 95.2 cm³/mol. The van der Waals surface area contributed by atoms with Gasteiger partial charge in [-0.25, -0.2) is 14.0 Å². The van der Waals surface area contributed by atoms with Gasteiger partial charge in [-0.1, -0.05) is 11.3 Å². The largest absolute Gasteiger partial charge is 0.444 e. The third-order valence-electron chi connectivity index (χ3n) is 3.98. The number of carbonyl (C=O) groups excluding carboxylic acids is 1. The van der Waals surface area contributed by atoms with Crippen molar-refractivity contribution in [3.8, 4) is 0 Å². The molecular weight excluding hydrogens is 415 g/mol. The van der Waals surface area contributed by atoms with Crippen molar-refractivity contribution in [3.63, 3.8) is 0 Å². The van der Waals surface area contributed by atoms with Crippen LogP contribution in [0.5, 0.6) is 0 Å². The van der Waals surface area contributed by atoms with Gasteiger partial charge in [0.05, 0.1) is 11.5 Å². The minimum absolute atomic E-state index is 0.0943. The Hall–Kier alpha value is -2.94. The fourth-order valence-corrected chi connectivity index (χ4v) is 3.31. The number of aliphatic hydroxyl groups excluding tert-OH is 2. The number of rotatable bonds is 6. The zero-order valence-electron chi connectivity index (χ0n) is 14.5. The molecule has 2 aromatic rings. The first-order valence-corrected chi connectivity index (χ1v) is 8.96. The highest BCUT2D eigenvalue weighted by Crippen LogP contribution is 2.30. The van der Waals surface area contributed by atoms with Gasteiger partial charge in [-0.05, 0) is 12.1 Å². The van der Waals surface area contributed by atoms with Crippen molar-refractivity contribution in [2.24, 2.45) is 0 Å². The van der Waals surface area contributed by atoms with Gasteiger partial charge in [0.2, 0.25) is 0 Å². The third-order valence-corrected chi connectivity index (χ3v) is 4.99. The standard InChI is InChI=1S/C15H15FN4O8S/c16-11-12(22)8(5-21)28-13(11)19-4-3-9(17-14(19)23)18-15(24)27-6-7-1-2-10(29-7)20(25)26/h1-4,8,11-13,21-22H,5-6H2,(H,17,18,23,24)/t8-,11+,12-,13-/m1/s1. The molecule has 2 aromatic heterocycles. The molecule has 12 nitrogen and oxygen atoms in total. The number of nitro groups is 1. The summed E-state index contributed by atoms with van der Waals surface area (Å²) < 4.78 is 24.9. The maximum Gasteiger partial charge on any atom is 0.413 e. The SMILES string of the molecule is O=C(Nc1ccn([C@@H]2O[C@H](CO)[C@@H](O)[C@@H]2F)c(=O)n1)OCc1ccc([N+](=O)[O-])s1. The molecule has 0 saturated carbocycles. The lowest BCUT2D eigenvalue weighted by Crippen LogP contribution is -2.33. The summed E-state index contributed by atoms with van der Waals surface area (Å²) in [6.45, 7) is -0.847. The number of ether oxygens (including phenoxy) is 2. The molecule has 3 N–H and O–H groups in total. The van der Waals surface area contributed by atoms with E-state index in [2.05, 4.69) is 10.3 Å². The van der Waals surface area contributed by atoms with E-state index in [0.717, 1.165) is 22.1 Å². The van der Waals surface area contributed by atoms with Gasteiger partial charge in [-0.15, -0.1) is 0 Å². The number of nitrogens with zero attached hydrogens (tertiary/aromatic N) is 3. The fourth-order valence-electron chi connectivity index (χ4n) is 2.57. The van der Waals surface area contributed by atoms with E-state index in [1.165, 1.54) is 18.2 Å². The number of carbonyl (C=O) groups is 1. The van der Waals surface area contributed by atoms with E-state index in [9.17, 15) is 29.2 Å². The van der Waals surface area contributed by atoms with E-state index in [1.807, 2.05) is 0 Å². The van der Waals surface area contributed by atoms with Gasteiger partial charge >= 0.3 is 16.8 Å². The molecule has 1 saturated heterocycles. The molecule has 1 amide bonds. The second kappa shape index (κ2) is 8.60. The van der Waals surface area contributed by atoms with Crippen LogP contribution in [-0.4, -0.2) is 55.8 Å². The van der Waals surface area contributed by atoms with Crippen LogP contribution < -0.4 is 11.0 Å². The van der Waals surface area contributed by atoms with Gasteiger partial charge in [0.25, 0.3) is 0 Å². The first kappa shape index (κ1) is 20.8. The minimum atomic E-state index is -1.95. The molecule has 3 heterocycles. The van der Waals surface area contributed by atoms with Crippen LogP contribution in [0.2, 0.25) is 0 Å². The summed E-state index contributed by atoms with van der Waals surface area (Å²) in [5, 5.41) is 31.4. The Morgan fingerprint density at radius 3 is 2.83 bits per heavy atom. The number of nitrogens with one attached hydrogen (secondary N) is 1. The number of hydrogen-bond donors (Lipinski definition) is 3. The number of aliphatic hydroxyl groups is 2. The Morgan fingerprint density at radius 1 is 1.48 bits per heavy atom. The summed E-state index contributed by atoms with van der Waals surface area (Å²) >= 11 is 0.849. The molecule has 29 heavy (non-hydrogen) atoms. The summed E-state index contributed by atoms with van der Waals surface area (Å²) in [5.74, 6) is -0.180. The Bertz CT molecular complexity index is 966. The Kier molecular flexibility index (Phi) is 6.17.